The molecule has 1 nitrogen and oxygen atoms in total. The van der Waals surface area contributed by atoms with E-state index in [1.165, 1.54) is 0 Å². The molecule has 0 aliphatic heterocycles. The quantitative estimate of drug-likeness (QED) is 0.598. The van der Waals surface area contributed by atoms with Crippen LogP contribution in [-0.4, -0.2) is 19.6 Å². The summed E-state index contributed by atoms with van der Waals surface area (Å²) in [5, 5.41) is 0. The smallest absolute Gasteiger partial charge is 0.248 e. The third kappa shape index (κ3) is 1.90. The van der Waals surface area contributed by atoms with Crippen LogP contribution in [0.1, 0.15) is 19.3 Å². The largest absolute Gasteiger partial charge is 0.385 e. The summed E-state index contributed by atoms with van der Waals surface area (Å²) in [6.45, 7) is 0.612. The molecule has 0 unspecified atom stereocenters. The molecule has 3 heteroatoms. The van der Waals surface area contributed by atoms with Crippen molar-refractivity contribution < 1.29 is 13.5 Å². The van der Waals surface area contributed by atoms with Crippen molar-refractivity contribution in [2.45, 2.75) is 25.2 Å². The lowest BCUT2D eigenvalue weighted by Crippen LogP contribution is -2.35. The minimum absolute atomic E-state index is 0.0658. The van der Waals surface area contributed by atoms with Gasteiger partial charge in [0.2, 0.25) is 5.92 Å². The van der Waals surface area contributed by atoms with E-state index in [4.69, 9.17) is 4.74 Å². The zero-order valence-electron chi connectivity index (χ0n) is 6.07. The molecule has 0 bridgehead atoms. The van der Waals surface area contributed by atoms with Crippen LogP contribution in [0.4, 0.5) is 8.78 Å². The Morgan fingerprint density at radius 3 is 2.50 bits per heavy atom. The van der Waals surface area contributed by atoms with Crippen molar-refractivity contribution in [2.75, 3.05) is 13.7 Å². The normalized spacial score (nSPS) is 24.3. The van der Waals surface area contributed by atoms with Gasteiger partial charge in [-0.05, 0) is 12.3 Å². The summed E-state index contributed by atoms with van der Waals surface area (Å²) in [5.41, 5.74) is 0. The first kappa shape index (κ1) is 7.92. The zero-order valence-corrected chi connectivity index (χ0v) is 6.07. The lowest BCUT2D eigenvalue weighted by atomic mass is 9.79. The predicted octanol–water partition coefficient (Wildman–Crippen LogP) is 2.07. The van der Waals surface area contributed by atoms with Gasteiger partial charge >= 0.3 is 0 Å². The number of alkyl halides is 2. The first-order valence-electron chi connectivity index (χ1n) is 3.51. The van der Waals surface area contributed by atoms with Crippen LogP contribution in [0.2, 0.25) is 0 Å². The molecule has 0 N–H and O–H groups in total. The summed E-state index contributed by atoms with van der Waals surface area (Å²) >= 11 is 0. The van der Waals surface area contributed by atoms with E-state index in [0.717, 1.165) is 6.42 Å². The van der Waals surface area contributed by atoms with E-state index >= 15 is 0 Å². The van der Waals surface area contributed by atoms with Crippen LogP contribution >= 0.6 is 0 Å². The zero-order chi connectivity index (χ0) is 7.61. The highest BCUT2D eigenvalue weighted by atomic mass is 19.3. The molecule has 0 radical (unpaired) electrons. The van der Waals surface area contributed by atoms with E-state index in [1.807, 2.05) is 0 Å². The van der Waals surface area contributed by atoms with Gasteiger partial charge in [-0.25, -0.2) is 8.78 Å². The van der Waals surface area contributed by atoms with E-state index in [2.05, 4.69) is 0 Å². The van der Waals surface area contributed by atoms with Gasteiger partial charge in [0, 0.05) is 26.6 Å². The first-order valence-corrected chi connectivity index (χ1v) is 3.51. The van der Waals surface area contributed by atoms with Crippen molar-refractivity contribution in [3.05, 3.63) is 0 Å². The Kier molecular flexibility index (Phi) is 2.24. The molecule has 1 aliphatic carbocycles. The molecule has 0 aromatic rings. The lowest BCUT2D eigenvalue weighted by Gasteiger charge is -2.34. The number of hydrogen-bond donors (Lipinski definition) is 0. The number of hydrogen-bond acceptors (Lipinski definition) is 1. The first-order chi connectivity index (χ1) is 4.64. The number of rotatable bonds is 3. The van der Waals surface area contributed by atoms with Crippen LogP contribution in [0, 0.1) is 5.92 Å². The second-order valence-corrected chi connectivity index (χ2v) is 2.91. The second kappa shape index (κ2) is 2.82. The van der Waals surface area contributed by atoms with Crippen molar-refractivity contribution in [1.29, 1.82) is 0 Å². The minimum Gasteiger partial charge on any atom is -0.385 e. The molecule has 10 heavy (non-hydrogen) atoms. The summed E-state index contributed by atoms with van der Waals surface area (Å²) in [5.74, 6) is -2.16. The molecule has 0 amide bonds. The van der Waals surface area contributed by atoms with E-state index in [9.17, 15) is 8.78 Å². The highest BCUT2D eigenvalue weighted by Gasteiger charge is 2.44. The maximum absolute atomic E-state index is 12.2. The van der Waals surface area contributed by atoms with Crippen LogP contribution in [0.3, 0.4) is 0 Å². The molecule has 0 heterocycles. The van der Waals surface area contributed by atoms with Crippen LogP contribution in [0.25, 0.3) is 0 Å². The Morgan fingerprint density at radius 2 is 2.10 bits per heavy atom. The summed E-state index contributed by atoms with van der Waals surface area (Å²) in [6.07, 6.45) is 0.915. The summed E-state index contributed by atoms with van der Waals surface area (Å²) in [6, 6.07) is 0. The van der Waals surface area contributed by atoms with Crippen LogP contribution in [0.5, 0.6) is 0 Å². The average Bonchev–Trinajstić information content (AvgIpc) is 1.78. The monoisotopic (exact) mass is 150 g/mol. The molecular formula is C7H12F2O. The molecule has 1 fully saturated rings. The van der Waals surface area contributed by atoms with Crippen molar-refractivity contribution >= 4 is 0 Å². The van der Waals surface area contributed by atoms with Gasteiger partial charge in [-0.3, -0.25) is 0 Å². The third-order valence-electron chi connectivity index (χ3n) is 1.90. The Bertz CT molecular complexity index is 106. The van der Waals surface area contributed by atoms with Crippen LogP contribution < -0.4 is 0 Å². The average molecular weight is 150 g/mol. The van der Waals surface area contributed by atoms with Crippen molar-refractivity contribution in [1.82, 2.24) is 0 Å². The number of methoxy groups -OCH3 is 1. The third-order valence-corrected chi connectivity index (χ3v) is 1.90. The Morgan fingerprint density at radius 1 is 1.50 bits per heavy atom. The molecule has 1 aliphatic rings. The van der Waals surface area contributed by atoms with Gasteiger partial charge in [-0.1, -0.05) is 0 Å². The van der Waals surface area contributed by atoms with E-state index in [-0.39, 0.29) is 18.8 Å². The second-order valence-electron chi connectivity index (χ2n) is 2.91. The SMILES string of the molecule is COCCC1CC(F)(F)C1. The van der Waals surface area contributed by atoms with E-state index < -0.39 is 5.92 Å². The molecule has 0 aromatic carbocycles. The van der Waals surface area contributed by atoms with Gasteiger partial charge in [0.25, 0.3) is 0 Å². The van der Waals surface area contributed by atoms with Crippen molar-refractivity contribution in [3.8, 4) is 0 Å². The van der Waals surface area contributed by atoms with Gasteiger partial charge in [-0.15, -0.1) is 0 Å². The van der Waals surface area contributed by atoms with Gasteiger partial charge in [-0.2, -0.15) is 0 Å². The molecule has 1 saturated carbocycles. The highest BCUT2D eigenvalue weighted by Crippen LogP contribution is 2.43. The fourth-order valence-electron chi connectivity index (χ4n) is 1.27. The molecule has 1 rings (SSSR count). The maximum Gasteiger partial charge on any atom is 0.248 e. The summed E-state index contributed by atoms with van der Waals surface area (Å²) < 4.78 is 29.1. The Balaban J connectivity index is 2.03. The fourth-order valence-corrected chi connectivity index (χ4v) is 1.27. The molecule has 0 spiro atoms. The van der Waals surface area contributed by atoms with Crippen molar-refractivity contribution in [3.63, 3.8) is 0 Å². The predicted molar refractivity (Wildman–Crippen MR) is 34.2 cm³/mol. The van der Waals surface area contributed by atoms with Gasteiger partial charge in [0.05, 0.1) is 0 Å². The van der Waals surface area contributed by atoms with Crippen molar-refractivity contribution in [2.24, 2.45) is 5.92 Å². The van der Waals surface area contributed by atoms with Gasteiger partial charge in [0.1, 0.15) is 0 Å². The number of halogens is 2. The minimum atomic E-state index is -2.36. The number of ether oxygens (including phenoxy) is 1. The molecule has 0 saturated heterocycles. The Hall–Kier alpha value is -0.180. The van der Waals surface area contributed by atoms with Crippen LogP contribution in [0.15, 0.2) is 0 Å². The molecule has 60 valence electrons. The van der Waals surface area contributed by atoms with Gasteiger partial charge in [0.15, 0.2) is 0 Å². The Labute approximate surface area is 59.4 Å². The molecule has 0 aromatic heterocycles. The standard InChI is InChI=1S/C7H12F2O/c1-10-3-2-6-4-7(8,9)5-6/h6H,2-5H2,1H3. The highest BCUT2D eigenvalue weighted by molar-refractivity contribution is 4.85. The van der Waals surface area contributed by atoms with Gasteiger partial charge < -0.3 is 4.74 Å². The lowest BCUT2D eigenvalue weighted by molar-refractivity contribution is -0.115. The van der Waals surface area contributed by atoms with E-state index in [1.54, 1.807) is 7.11 Å². The fraction of sp³-hybridized carbons (Fsp3) is 1.00. The molecular weight excluding hydrogens is 138 g/mol. The summed E-state index contributed by atoms with van der Waals surface area (Å²) in [7, 11) is 1.59. The topological polar surface area (TPSA) is 9.23 Å². The van der Waals surface area contributed by atoms with E-state index in [0.29, 0.717) is 6.61 Å². The maximum atomic E-state index is 12.2. The molecule has 0 atom stereocenters. The summed E-state index contributed by atoms with van der Waals surface area (Å²) in [4.78, 5) is 0. The van der Waals surface area contributed by atoms with Crippen LogP contribution in [-0.2, 0) is 4.74 Å².